The van der Waals surface area contributed by atoms with Crippen molar-refractivity contribution in [2.45, 2.75) is 32.2 Å². The lowest BCUT2D eigenvalue weighted by molar-refractivity contribution is -0.182. The molecule has 2 saturated heterocycles. The number of piperidine rings is 1. The van der Waals surface area contributed by atoms with Crippen molar-refractivity contribution in [1.29, 1.82) is 0 Å². The van der Waals surface area contributed by atoms with Crippen LogP contribution >= 0.6 is 0 Å². The van der Waals surface area contributed by atoms with E-state index in [0.717, 1.165) is 17.7 Å². The molecule has 2 N–H and O–H groups in total. The second-order valence-corrected chi connectivity index (χ2v) is 7.40. The number of nitrogens with zero attached hydrogens (tertiary/aromatic N) is 5. The number of carbonyl (C=O) groups excluding carboxylic acids is 2. The Kier molecular flexibility index (Phi) is 5.39. The molecule has 2 aliphatic rings. The average molecular weight is 396 g/mol. The number of hydrogen-bond donors (Lipinski definition) is 1. The predicted molar refractivity (Wildman–Crippen MR) is 105 cm³/mol. The molecule has 4 rings (SSSR count). The maximum Gasteiger partial charge on any atom is 0.267 e. The molecule has 1 atom stereocenters. The van der Waals surface area contributed by atoms with Gasteiger partial charge in [0.2, 0.25) is 11.9 Å². The molecular weight excluding hydrogens is 372 g/mol. The van der Waals surface area contributed by atoms with Crippen molar-refractivity contribution in [2.24, 2.45) is 11.7 Å². The van der Waals surface area contributed by atoms with Crippen molar-refractivity contribution in [3.63, 3.8) is 0 Å². The van der Waals surface area contributed by atoms with E-state index < -0.39 is 5.91 Å². The van der Waals surface area contributed by atoms with Crippen LogP contribution in [0.25, 0.3) is 0 Å². The van der Waals surface area contributed by atoms with Crippen LogP contribution in [-0.4, -0.2) is 51.5 Å². The molecule has 0 bridgehead atoms. The number of aromatic nitrogens is 3. The van der Waals surface area contributed by atoms with E-state index in [9.17, 15) is 9.59 Å². The van der Waals surface area contributed by atoms with Crippen molar-refractivity contribution in [3.8, 4) is 0 Å². The van der Waals surface area contributed by atoms with Crippen molar-refractivity contribution in [3.05, 3.63) is 47.5 Å². The molecule has 2 amide bonds. The summed E-state index contributed by atoms with van der Waals surface area (Å²) < 4.78 is 0. The largest absolute Gasteiger partial charge is 0.364 e. The zero-order valence-electron chi connectivity index (χ0n) is 16.3. The van der Waals surface area contributed by atoms with Gasteiger partial charge in [-0.3, -0.25) is 19.4 Å². The van der Waals surface area contributed by atoms with E-state index in [1.165, 1.54) is 17.3 Å². The third-order valence-corrected chi connectivity index (χ3v) is 5.46. The summed E-state index contributed by atoms with van der Waals surface area (Å²) in [6, 6.07) is 5.36. The van der Waals surface area contributed by atoms with E-state index >= 15 is 0 Å². The smallest absolute Gasteiger partial charge is 0.267 e. The van der Waals surface area contributed by atoms with Gasteiger partial charge in [-0.1, -0.05) is 6.07 Å². The third kappa shape index (κ3) is 4.04. The topological polar surface area (TPSA) is 115 Å². The zero-order chi connectivity index (χ0) is 20.4. The van der Waals surface area contributed by atoms with Crippen molar-refractivity contribution >= 4 is 17.8 Å². The second kappa shape index (κ2) is 8.12. The van der Waals surface area contributed by atoms with E-state index in [2.05, 4.69) is 15.0 Å². The summed E-state index contributed by atoms with van der Waals surface area (Å²) in [7, 11) is 0. The summed E-state index contributed by atoms with van der Waals surface area (Å²) in [6.45, 7) is 3.72. The molecule has 2 fully saturated rings. The summed E-state index contributed by atoms with van der Waals surface area (Å²) in [5, 5.41) is 1.54. The molecule has 0 aromatic carbocycles. The number of aryl methyl sites for hydroxylation is 1. The SMILES string of the molecule is Cc1ccc([C@@H]2CCON2C(=O)C2CCN(c3nccc(C(N)=O)n3)CC2)cn1. The van der Waals surface area contributed by atoms with Crippen LogP contribution in [0.2, 0.25) is 0 Å². The Morgan fingerprint density at radius 1 is 1.14 bits per heavy atom. The summed E-state index contributed by atoms with van der Waals surface area (Å²) in [6.07, 6.45) is 5.45. The molecule has 152 valence electrons. The molecule has 0 aliphatic carbocycles. The van der Waals surface area contributed by atoms with Gasteiger partial charge in [-0.2, -0.15) is 0 Å². The normalized spacial score (nSPS) is 20.1. The second-order valence-electron chi connectivity index (χ2n) is 7.40. The lowest BCUT2D eigenvalue weighted by Gasteiger charge is -2.34. The molecule has 4 heterocycles. The molecule has 0 spiro atoms. The number of hydroxylamine groups is 2. The number of pyridine rings is 1. The highest BCUT2D eigenvalue weighted by Gasteiger charge is 2.37. The highest BCUT2D eigenvalue weighted by molar-refractivity contribution is 5.90. The first-order valence-electron chi connectivity index (χ1n) is 9.79. The first kappa shape index (κ1) is 19.3. The van der Waals surface area contributed by atoms with Crippen LogP contribution in [0.5, 0.6) is 0 Å². The Morgan fingerprint density at radius 2 is 1.93 bits per heavy atom. The Labute approximate surface area is 168 Å². The van der Waals surface area contributed by atoms with E-state index in [4.69, 9.17) is 10.6 Å². The molecule has 0 saturated carbocycles. The average Bonchev–Trinajstić information content (AvgIpc) is 3.24. The number of nitrogens with two attached hydrogens (primary N) is 1. The van der Waals surface area contributed by atoms with Crippen LogP contribution in [0.15, 0.2) is 30.6 Å². The van der Waals surface area contributed by atoms with Crippen molar-refractivity contribution in [1.82, 2.24) is 20.0 Å². The van der Waals surface area contributed by atoms with Gasteiger partial charge < -0.3 is 10.6 Å². The molecular formula is C20H24N6O3. The number of hydrogen-bond acceptors (Lipinski definition) is 7. The molecule has 2 aromatic heterocycles. The number of primary amides is 1. The van der Waals surface area contributed by atoms with E-state index in [-0.39, 0.29) is 23.6 Å². The Balaban J connectivity index is 1.40. The van der Waals surface area contributed by atoms with E-state index in [1.807, 2.05) is 30.2 Å². The zero-order valence-corrected chi connectivity index (χ0v) is 16.3. The number of rotatable bonds is 4. The van der Waals surface area contributed by atoms with Crippen LogP contribution in [0.3, 0.4) is 0 Å². The third-order valence-electron chi connectivity index (χ3n) is 5.46. The van der Waals surface area contributed by atoms with E-state index in [1.54, 1.807) is 0 Å². The summed E-state index contributed by atoms with van der Waals surface area (Å²) in [5.74, 6) is -0.223. The minimum atomic E-state index is -0.582. The first-order chi connectivity index (χ1) is 14.0. The molecule has 29 heavy (non-hydrogen) atoms. The first-order valence-corrected chi connectivity index (χ1v) is 9.79. The van der Waals surface area contributed by atoms with Crippen LogP contribution in [-0.2, 0) is 9.63 Å². The van der Waals surface area contributed by atoms with Crippen LogP contribution in [0.1, 0.15) is 47.1 Å². The molecule has 2 aliphatic heterocycles. The summed E-state index contributed by atoms with van der Waals surface area (Å²) >= 11 is 0. The molecule has 0 unspecified atom stereocenters. The van der Waals surface area contributed by atoms with E-state index in [0.29, 0.717) is 38.5 Å². The van der Waals surface area contributed by atoms with Gasteiger partial charge in [-0.05, 0) is 37.5 Å². The van der Waals surface area contributed by atoms with Gasteiger partial charge in [0.15, 0.2) is 0 Å². The van der Waals surface area contributed by atoms with Gasteiger partial charge in [0.1, 0.15) is 5.69 Å². The number of carbonyl (C=O) groups is 2. The standard InChI is InChI=1S/C20H24N6O3/c1-13-2-3-15(12-23-13)17-7-11-29-26(17)19(28)14-5-9-25(10-6-14)20-22-8-4-16(24-20)18(21)27/h2-4,8,12,14,17H,5-7,9-11H2,1H3,(H2,21,27)/t17-/m0/s1. The summed E-state index contributed by atoms with van der Waals surface area (Å²) in [5.41, 5.74) is 7.43. The Bertz CT molecular complexity index is 895. The lowest BCUT2D eigenvalue weighted by Crippen LogP contribution is -2.42. The van der Waals surface area contributed by atoms with Gasteiger partial charge in [0.05, 0.1) is 12.6 Å². The van der Waals surface area contributed by atoms with Gasteiger partial charge in [0.25, 0.3) is 5.91 Å². The highest BCUT2D eigenvalue weighted by atomic mass is 16.7. The quantitative estimate of drug-likeness (QED) is 0.831. The lowest BCUT2D eigenvalue weighted by atomic mass is 9.95. The molecule has 9 heteroatoms. The van der Waals surface area contributed by atoms with Gasteiger partial charge in [0, 0.05) is 43.5 Å². The Morgan fingerprint density at radius 3 is 2.62 bits per heavy atom. The fourth-order valence-corrected chi connectivity index (χ4v) is 3.81. The molecule has 9 nitrogen and oxygen atoms in total. The van der Waals surface area contributed by atoms with Crippen molar-refractivity contribution < 1.29 is 14.4 Å². The maximum atomic E-state index is 13.1. The minimum absolute atomic E-state index is 0.0135. The van der Waals surface area contributed by atoms with Gasteiger partial charge >= 0.3 is 0 Å². The summed E-state index contributed by atoms with van der Waals surface area (Å²) in [4.78, 5) is 44.9. The highest BCUT2D eigenvalue weighted by Crippen LogP contribution is 2.33. The van der Waals surface area contributed by atoms with Crippen molar-refractivity contribution in [2.75, 3.05) is 24.6 Å². The Hall–Kier alpha value is -3.07. The van der Waals surface area contributed by atoms with Gasteiger partial charge in [-0.25, -0.2) is 15.0 Å². The minimum Gasteiger partial charge on any atom is -0.364 e. The van der Waals surface area contributed by atoms with Crippen LogP contribution in [0.4, 0.5) is 5.95 Å². The predicted octanol–water partition coefficient (Wildman–Crippen LogP) is 1.40. The molecule has 2 aromatic rings. The fourth-order valence-electron chi connectivity index (χ4n) is 3.81. The number of amides is 2. The maximum absolute atomic E-state index is 13.1. The number of anilines is 1. The monoisotopic (exact) mass is 396 g/mol. The van der Waals surface area contributed by atoms with Crippen LogP contribution in [0, 0.1) is 12.8 Å². The fraction of sp³-hybridized carbons (Fsp3) is 0.450. The molecule has 0 radical (unpaired) electrons. The van der Waals surface area contributed by atoms with Crippen LogP contribution < -0.4 is 10.6 Å². The van der Waals surface area contributed by atoms with Gasteiger partial charge in [-0.15, -0.1) is 0 Å².